The summed E-state index contributed by atoms with van der Waals surface area (Å²) in [7, 11) is 1.46. The van der Waals surface area contributed by atoms with Crippen LogP contribution < -0.4 is 0 Å². The van der Waals surface area contributed by atoms with Crippen LogP contribution in [0.5, 0.6) is 0 Å². The van der Waals surface area contributed by atoms with E-state index in [0.717, 1.165) is 43.2 Å². The van der Waals surface area contributed by atoms with Crippen LogP contribution in [0, 0.1) is 28.6 Å². The smallest absolute Gasteiger partial charge is 0.333 e. The highest BCUT2D eigenvalue weighted by Gasteiger charge is 2.56. The summed E-state index contributed by atoms with van der Waals surface area (Å²) in [6.07, 6.45) is 10.4. The molecule has 0 bridgehead atoms. The molecule has 3 rings (SSSR count). The molecule has 0 aromatic carbocycles. The van der Waals surface area contributed by atoms with Crippen LogP contribution in [0.25, 0.3) is 0 Å². The number of rotatable bonds is 7. The Bertz CT molecular complexity index is 810. The number of hydrogen-bond acceptors (Lipinski definition) is 5. The predicted molar refractivity (Wildman–Crippen MR) is 119 cm³/mol. The average Bonchev–Trinajstić information content (AvgIpc) is 3.30. The molecule has 0 radical (unpaired) electrons. The Balaban J connectivity index is 1.95. The zero-order valence-corrected chi connectivity index (χ0v) is 19.9. The second kappa shape index (κ2) is 9.22. The van der Waals surface area contributed by atoms with E-state index >= 15 is 0 Å². The summed E-state index contributed by atoms with van der Waals surface area (Å²) in [6, 6.07) is 1.89. The van der Waals surface area contributed by atoms with Crippen molar-refractivity contribution in [2.75, 3.05) is 7.11 Å². The normalized spacial score (nSPS) is 32.4. The van der Waals surface area contributed by atoms with Gasteiger partial charge in [0.2, 0.25) is 0 Å². The highest BCUT2D eigenvalue weighted by atomic mass is 16.5. The van der Waals surface area contributed by atoms with Crippen LogP contribution in [0.2, 0.25) is 0 Å². The van der Waals surface area contributed by atoms with E-state index in [9.17, 15) is 9.59 Å². The van der Waals surface area contributed by atoms with E-state index < -0.39 is 0 Å². The Morgan fingerprint density at radius 1 is 1.29 bits per heavy atom. The molecule has 1 fully saturated rings. The standard InChI is InChI=1S/C26H38O5/c1-7-17(2)23(27)31-21(19-12-14-30-16-19)15-26(5)18(3)11-13-25(4)20(24(28)29-6)9-8-10-22(25)26/h9,12,14,16-18,21-22H,7-8,10-11,13,15H2,1-6H3/t17-,18-,21-,22+,25+,26+/m1/s1. The van der Waals surface area contributed by atoms with Crippen molar-refractivity contribution in [3.63, 3.8) is 0 Å². The number of hydrogen-bond donors (Lipinski definition) is 0. The average molecular weight is 431 g/mol. The first-order valence-electron chi connectivity index (χ1n) is 11.7. The lowest BCUT2D eigenvalue weighted by Gasteiger charge is -2.58. The summed E-state index contributed by atoms with van der Waals surface area (Å²) < 4.78 is 16.5. The molecule has 1 heterocycles. The Hall–Kier alpha value is -2.04. The van der Waals surface area contributed by atoms with E-state index in [0.29, 0.717) is 18.3 Å². The quantitative estimate of drug-likeness (QED) is 0.478. The molecule has 2 aliphatic carbocycles. The third-order valence-electron chi connectivity index (χ3n) is 8.43. The molecule has 0 N–H and O–H groups in total. The number of carbonyl (C=O) groups is 2. The third-order valence-corrected chi connectivity index (χ3v) is 8.43. The van der Waals surface area contributed by atoms with Crippen molar-refractivity contribution >= 4 is 11.9 Å². The molecule has 0 spiro atoms. The number of furan rings is 1. The van der Waals surface area contributed by atoms with E-state index in [2.05, 4.69) is 26.8 Å². The van der Waals surface area contributed by atoms with Crippen molar-refractivity contribution in [1.29, 1.82) is 0 Å². The van der Waals surface area contributed by atoms with Crippen LogP contribution in [-0.2, 0) is 19.1 Å². The second-order valence-electron chi connectivity index (χ2n) is 10.1. The van der Waals surface area contributed by atoms with Gasteiger partial charge >= 0.3 is 11.9 Å². The maximum Gasteiger partial charge on any atom is 0.333 e. The van der Waals surface area contributed by atoms with Gasteiger partial charge in [-0.05, 0) is 61.8 Å². The second-order valence-corrected chi connectivity index (χ2v) is 10.1. The Labute approximate surface area is 186 Å². The van der Waals surface area contributed by atoms with Crippen molar-refractivity contribution in [1.82, 2.24) is 0 Å². The topological polar surface area (TPSA) is 65.7 Å². The molecule has 0 saturated heterocycles. The summed E-state index contributed by atoms with van der Waals surface area (Å²) in [6.45, 7) is 10.8. The van der Waals surface area contributed by atoms with Gasteiger partial charge in [0, 0.05) is 16.6 Å². The Morgan fingerprint density at radius 3 is 2.65 bits per heavy atom. The minimum absolute atomic E-state index is 0.0990. The highest BCUT2D eigenvalue weighted by molar-refractivity contribution is 5.90. The molecular formula is C26H38O5. The molecule has 0 aliphatic heterocycles. The Kier molecular flexibility index (Phi) is 7.02. The molecule has 1 aromatic rings. The van der Waals surface area contributed by atoms with Gasteiger partial charge in [0.1, 0.15) is 6.10 Å². The fourth-order valence-electron chi connectivity index (χ4n) is 5.97. The molecule has 31 heavy (non-hydrogen) atoms. The molecule has 1 aromatic heterocycles. The molecule has 6 atom stereocenters. The van der Waals surface area contributed by atoms with Crippen LogP contribution in [0.15, 0.2) is 34.7 Å². The largest absolute Gasteiger partial charge is 0.472 e. The summed E-state index contributed by atoms with van der Waals surface area (Å²) in [4.78, 5) is 25.3. The van der Waals surface area contributed by atoms with E-state index in [1.54, 1.807) is 12.5 Å². The van der Waals surface area contributed by atoms with Crippen LogP contribution in [-0.4, -0.2) is 19.0 Å². The fourth-order valence-corrected chi connectivity index (χ4v) is 5.97. The van der Waals surface area contributed by atoms with E-state index in [-0.39, 0.29) is 34.8 Å². The highest BCUT2D eigenvalue weighted by Crippen LogP contribution is 2.63. The van der Waals surface area contributed by atoms with Gasteiger partial charge in [-0.2, -0.15) is 0 Å². The lowest BCUT2D eigenvalue weighted by atomic mass is 9.46. The first-order valence-corrected chi connectivity index (χ1v) is 11.7. The third kappa shape index (κ3) is 4.33. The number of esters is 2. The van der Waals surface area contributed by atoms with Crippen molar-refractivity contribution < 1.29 is 23.5 Å². The van der Waals surface area contributed by atoms with E-state index in [4.69, 9.17) is 13.9 Å². The monoisotopic (exact) mass is 430 g/mol. The number of ether oxygens (including phenoxy) is 2. The molecule has 0 amide bonds. The number of fused-ring (bicyclic) bond motifs is 1. The van der Waals surface area contributed by atoms with Crippen molar-refractivity contribution in [3.05, 3.63) is 35.8 Å². The zero-order chi connectivity index (χ0) is 22.8. The maximum absolute atomic E-state index is 12.7. The molecule has 5 nitrogen and oxygen atoms in total. The predicted octanol–water partition coefficient (Wildman–Crippen LogP) is 6.25. The summed E-state index contributed by atoms with van der Waals surface area (Å²) in [5, 5.41) is 0. The van der Waals surface area contributed by atoms with Gasteiger partial charge < -0.3 is 13.9 Å². The summed E-state index contributed by atoms with van der Waals surface area (Å²) in [5.74, 6) is 0.236. The van der Waals surface area contributed by atoms with Gasteiger partial charge in [-0.25, -0.2) is 4.79 Å². The van der Waals surface area contributed by atoms with Gasteiger partial charge in [-0.3, -0.25) is 4.79 Å². The van der Waals surface area contributed by atoms with Crippen LogP contribution in [0.1, 0.15) is 84.8 Å². The van der Waals surface area contributed by atoms with Crippen LogP contribution in [0.3, 0.4) is 0 Å². The first-order chi connectivity index (χ1) is 14.7. The van der Waals surface area contributed by atoms with Crippen molar-refractivity contribution in [2.24, 2.45) is 28.6 Å². The van der Waals surface area contributed by atoms with Gasteiger partial charge in [0.15, 0.2) is 0 Å². The minimum Gasteiger partial charge on any atom is -0.472 e. The van der Waals surface area contributed by atoms with Gasteiger partial charge in [0.05, 0.1) is 25.6 Å². The first kappa shape index (κ1) is 23.6. The van der Waals surface area contributed by atoms with E-state index in [1.165, 1.54) is 7.11 Å². The molecule has 0 unspecified atom stereocenters. The SMILES string of the molecule is CC[C@@H](C)C(=O)O[C@H](C[C@@]1(C)[C@H](C)CC[C@@]2(C)C(C(=O)OC)=CCC[C@H]12)c1ccoc1. The fraction of sp³-hybridized carbons (Fsp3) is 0.692. The number of methoxy groups -OCH3 is 1. The Morgan fingerprint density at radius 2 is 2.03 bits per heavy atom. The number of allylic oxidation sites excluding steroid dienone is 1. The molecule has 172 valence electrons. The summed E-state index contributed by atoms with van der Waals surface area (Å²) >= 11 is 0. The lowest BCUT2D eigenvalue weighted by Crippen LogP contribution is -2.51. The number of carbonyl (C=O) groups excluding carboxylic acids is 2. The molecule has 2 aliphatic rings. The van der Waals surface area contributed by atoms with Gasteiger partial charge in [-0.15, -0.1) is 0 Å². The van der Waals surface area contributed by atoms with E-state index in [1.807, 2.05) is 19.9 Å². The lowest BCUT2D eigenvalue weighted by molar-refractivity contribution is -0.159. The van der Waals surface area contributed by atoms with Crippen molar-refractivity contribution in [2.45, 2.75) is 79.2 Å². The molecular weight excluding hydrogens is 392 g/mol. The molecule has 1 saturated carbocycles. The van der Waals surface area contributed by atoms with Crippen LogP contribution in [0.4, 0.5) is 0 Å². The van der Waals surface area contributed by atoms with Gasteiger partial charge in [0.25, 0.3) is 0 Å². The maximum atomic E-state index is 12.7. The van der Waals surface area contributed by atoms with Crippen LogP contribution >= 0.6 is 0 Å². The van der Waals surface area contributed by atoms with Gasteiger partial charge in [-0.1, -0.05) is 40.7 Å². The summed E-state index contributed by atoms with van der Waals surface area (Å²) in [5.41, 5.74) is 1.39. The molecule has 5 heteroatoms. The minimum atomic E-state index is -0.359. The van der Waals surface area contributed by atoms with Crippen molar-refractivity contribution in [3.8, 4) is 0 Å². The zero-order valence-electron chi connectivity index (χ0n) is 19.9.